The van der Waals surface area contributed by atoms with Crippen LogP contribution in [0.1, 0.15) is 12.0 Å². The van der Waals surface area contributed by atoms with Crippen LogP contribution in [-0.2, 0) is 0 Å². The fourth-order valence-electron chi connectivity index (χ4n) is 1.72. The predicted molar refractivity (Wildman–Crippen MR) is 88.5 cm³/mol. The fourth-order valence-corrected chi connectivity index (χ4v) is 1.86. The number of nitrogens with zero attached hydrogens (tertiary/aromatic N) is 2. The molecule has 0 aliphatic heterocycles. The van der Waals surface area contributed by atoms with Crippen molar-refractivity contribution < 1.29 is 4.74 Å². The molecule has 20 heavy (non-hydrogen) atoms. The van der Waals surface area contributed by atoms with Gasteiger partial charge >= 0.3 is 0 Å². The molecule has 4 nitrogen and oxygen atoms in total. The zero-order valence-corrected chi connectivity index (χ0v) is 13.4. The number of hydrogen-bond acceptors (Lipinski definition) is 4. The van der Waals surface area contributed by atoms with Gasteiger partial charge in [-0.2, -0.15) is 0 Å². The lowest BCUT2D eigenvalue weighted by Gasteiger charge is -2.19. The summed E-state index contributed by atoms with van der Waals surface area (Å²) in [5.74, 6) is 0.862. The summed E-state index contributed by atoms with van der Waals surface area (Å²) in [5.41, 5.74) is 6.42. The molecule has 2 N–H and O–H groups in total. The maximum absolute atomic E-state index is 5.70. The molecule has 1 aromatic carbocycles. The van der Waals surface area contributed by atoms with Gasteiger partial charge in [-0.1, -0.05) is 12.2 Å². The average Bonchev–Trinajstić information content (AvgIpc) is 2.42. The second-order valence-corrected chi connectivity index (χ2v) is 5.64. The lowest BCUT2D eigenvalue weighted by atomic mass is 10.2. The van der Waals surface area contributed by atoms with E-state index in [1.54, 1.807) is 0 Å². The van der Waals surface area contributed by atoms with Crippen LogP contribution in [0.3, 0.4) is 0 Å². The van der Waals surface area contributed by atoms with Crippen LogP contribution in [0.4, 0.5) is 0 Å². The molecular weight excluding hydrogens is 270 g/mol. The number of thiocarbonyl (C=S) groups is 1. The first-order valence-electron chi connectivity index (χ1n) is 6.85. The van der Waals surface area contributed by atoms with E-state index < -0.39 is 0 Å². The predicted octanol–water partition coefficient (Wildman–Crippen LogP) is 1.58. The standard InChI is InChI=1S/C15H25N3OS/c1-17(2)10-11-18(3)9-4-12-19-14-7-5-13(6-8-14)15(16)20/h5-8H,4,9-12H2,1-3H3,(H2,16,20). The van der Waals surface area contributed by atoms with Crippen LogP contribution in [-0.4, -0.2) is 62.2 Å². The molecule has 0 amide bonds. The number of rotatable bonds is 9. The highest BCUT2D eigenvalue weighted by molar-refractivity contribution is 7.80. The van der Waals surface area contributed by atoms with Crippen LogP contribution < -0.4 is 10.5 Å². The van der Waals surface area contributed by atoms with E-state index in [9.17, 15) is 0 Å². The Balaban J connectivity index is 2.19. The molecule has 0 aromatic heterocycles. The summed E-state index contributed by atoms with van der Waals surface area (Å²) in [7, 11) is 6.32. The fraction of sp³-hybridized carbons (Fsp3) is 0.533. The van der Waals surface area contributed by atoms with Gasteiger partial charge in [0.15, 0.2) is 0 Å². The van der Waals surface area contributed by atoms with Crippen LogP contribution in [0.25, 0.3) is 0 Å². The van der Waals surface area contributed by atoms with E-state index in [1.807, 2.05) is 24.3 Å². The molecule has 0 radical (unpaired) electrons. The summed E-state index contributed by atoms with van der Waals surface area (Å²) in [6, 6.07) is 7.59. The molecule has 1 rings (SSSR count). The summed E-state index contributed by atoms with van der Waals surface area (Å²) >= 11 is 4.91. The first-order chi connectivity index (χ1) is 9.49. The van der Waals surface area contributed by atoms with Gasteiger partial charge in [-0.15, -0.1) is 0 Å². The zero-order valence-electron chi connectivity index (χ0n) is 12.6. The quantitative estimate of drug-likeness (QED) is 0.553. The third-order valence-corrected chi connectivity index (χ3v) is 3.26. The number of benzene rings is 1. The molecule has 0 aliphatic rings. The molecule has 0 heterocycles. The minimum absolute atomic E-state index is 0.416. The molecular formula is C15H25N3OS. The minimum atomic E-state index is 0.416. The van der Waals surface area contributed by atoms with Crippen LogP contribution in [0, 0.1) is 0 Å². The molecule has 0 aliphatic carbocycles. The highest BCUT2D eigenvalue weighted by atomic mass is 32.1. The SMILES string of the molecule is CN(C)CCN(C)CCCOc1ccc(C(N)=S)cc1. The molecule has 1 aromatic rings. The Kier molecular flexibility index (Phi) is 7.51. The summed E-state index contributed by atoms with van der Waals surface area (Å²) in [5, 5.41) is 0. The van der Waals surface area contributed by atoms with E-state index in [1.165, 1.54) is 0 Å². The topological polar surface area (TPSA) is 41.7 Å². The minimum Gasteiger partial charge on any atom is -0.494 e. The number of hydrogen-bond donors (Lipinski definition) is 1. The van der Waals surface area contributed by atoms with Gasteiger partial charge < -0.3 is 20.3 Å². The van der Waals surface area contributed by atoms with Gasteiger partial charge in [-0.25, -0.2) is 0 Å². The molecule has 112 valence electrons. The van der Waals surface area contributed by atoms with Crippen LogP contribution in [0.2, 0.25) is 0 Å². The molecule has 0 bridgehead atoms. The average molecular weight is 295 g/mol. The smallest absolute Gasteiger partial charge is 0.119 e. The van der Waals surface area contributed by atoms with Crippen molar-refractivity contribution in [3.63, 3.8) is 0 Å². The van der Waals surface area contributed by atoms with Crippen molar-refractivity contribution >= 4 is 17.2 Å². The van der Waals surface area contributed by atoms with E-state index >= 15 is 0 Å². The number of ether oxygens (including phenoxy) is 1. The van der Waals surface area contributed by atoms with Crippen molar-refractivity contribution in [1.82, 2.24) is 9.80 Å². The summed E-state index contributed by atoms with van der Waals surface area (Å²) < 4.78 is 5.70. The van der Waals surface area contributed by atoms with Gasteiger partial charge in [-0.05, 0) is 51.8 Å². The Morgan fingerprint density at radius 1 is 1.10 bits per heavy atom. The third kappa shape index (κ3) is 6.84. The van der Waals surface area contributed by atoms with Gasteiger partial charge in [-0.3, -0.25) is 0 Å². The van der Waals surface area contributed by atoms with E-state index in [0.29, 0.717) is 4.99 Å². The maximum atomic E-state index is 5.70. The van der Waals surface area contributed by atoms with Gasteiger partial charge in [0.25, 0.3) is 0 Å². The molecule has 0 unspecified atom stereocenters. The third-order valence-electron chi connectivity index (χ3n) is 3.02. The van der Waals surface area contributed by atoms with Crippen LogP contribution >= 0.6 is 12.2 Å². The van der Waals surface area contributed by atoms with Crippen molar-refractivity contribution in [3.8, 4) is 5.75 Å². The highest BCUT2D eigenvalue weighted by Crippen LogP contribution is 2.12. The van der Waals surface area contributed by atoms with E-state index in [0.717, 1.165) is 44.0 Å². The lowest BCUT2D eigenvalue weighted by Crippen LogP contribution is -2.29. The Morgan fingerprint density at radius 2 is 1.75 bits per heavy atom. The summed E-state index contributed by atoms with van der Waals surface area (Å²) in [6.07, 6.45) is 1.01. The zero-order chi connectivity index (χ0) is 15.0. The Labute approximate surface area is 127 Å². The van der Waals surface area contributed by atoms with Gasteiger partial charge in [0.2, 0.25) is 0 Å². The van der Waals surface area contributed by atoms with Crippen molar-refractivity contribution in [2.24, 2.45) is 5.73 Å². The highest BCUT2D eigenvalue weighted by Gasteiger charge is 2.00. The Hall–Kier alpha value is -1.17. The lowest BCUT2D eigenvalue weighted by molar-refractivity contribution is 0.245. The molecule has 5 heteroatoms. The Morgan fingerprint density at radius 3 is 2.30 bits per heavy atom. The first kappa shape index (κ1) is 16.9. The van der Waals surface area contributed by atoms with Gasteiger partial charge in [0.1, 0.15) is 10.7 Å². The van der Waals surface area contributed by atoms with Gasteiger partial charge in [0.05, 0.1) is 6.61 Å². The van der Waals surface area contributed by atoms with Crippen LogP contribution in [0.15, 0.2) is 24.3 Å². The van der Waals surface area contributed by atoms with E-state index in [2.05, 4.69) is 30.9 Å². The summed E-state index contributed by atoms with van der Waals surface area (Å²) in [6.45, 7) is 3.92. The number of nitrogens with two attached hydrogens (primary N) is 1. The number of likely N-dealkylation sites (N-methyl/N-ethyl adjacent to an activating group) is 2. The van der Waals surface area contributed by atoms with Crippen molar-refractivity contribution in [2.45, 2.75) is 6.42 Å². The molecule has 0 atom stereocenters. The van der Waals surface area contributed by atoms with Crippen molar-refractivity contribution in [2.75, 3.05) is 47.4 Å². The first-order valence-corrected chi connectivity index (χ1v) is 7.26. The monoisotopic (exact) mass is 295 g/mol. The Bertz CT molecular complexity index is 406. The van der Waals surface area contributed by atoms with Crippen molar-refractivity contribution in [1.29, 1.82) is 0 Å². The molecule has 0 saturated carbocycles. The van der Waals surface area contributed by atoms with E-state index in [-0.39, 0.29) is 0 Å². The van der Waals surface area contributed by atoms with Crippen molar-refractivity contribution in [3.05, 3.63) is 29.8 Å². The van der Waals surface area contributed by atoms with Gasteiger partial charge in [0, 0.05) is 25.2 Å². The molecule has 0 fully saturated rings. The van der Waals surface area contributed by atoms with Crippen LogP contribution in [0.5, 0.6) is 5.75 Å². The maximum Gasteiger partial charge on any atom is 0.119 e. The molecule has 0 spiro atoms. The van der Waals surface area contributed by atoms with E-state index in [4.69, 9.17) is 22.7 Å². The second-order valence-electron chi connectivity index (χ2n) is 5.20. The second kappa shape index (κ2) is 8.89. The summed E-state index contributed by atoms with van der Waals surface area (Å²) in [4.78, 5) is 4.93. The normalized spacial score (nSPS) is 11.1. The largest absolute Gasteiger partial charge is 0.494 e. The molecule has 0 saturated heterocycles.